The van der Waals surface area contributed by atoms with Gasteiger partial charge in [0.1, 0.15) is 12.4 Å². The summed E-state index contributed by atoms with van der Waals surface area (Å²) in [6, 6.07) is 9.62. The molecule has 0 radical (unpaired) electrons. The Morgan fingerprint density at radius 1 is 1.19 bits per heavy atom. The molecule has 1 aromatic carbocycles. The molecule has 1 aromatic heterocycles. The van der Waals surface area contributed by atoms with E-state index < -0.39 is 16.0 Å². The first-order valence-electron chi connectivity index (χ1n) is 8.25. The summed E-state index contributed by atoms with van der Waals surface area (Å²) in [7, 11) is -3.42. The molecule has 0 fully saturated rings. The number of carbonyl (C=O) groups excluding carboxylic acids is 1. The topological polar surface area (TPSA) is 93.9 Å². The maximum Gasteiger partial charge on any atom is 0.339 e. The highest BCUT2D eigenvalue weighted by Crippen LogP contribution is 2.17. The van der Waals surface area contributed by atoms with Crippen LogP contribution in [0, 0.1) is 0 Å². The Balaban J connectivity index is 1.40. The highest BCUT2D eigenvalue weighted by atomic mass is 32.2. The molecule has 0 N–H and O–H groups in total. The van der Waals surface area contributed by atoms with Crippen molar-refractivity contribution in [3.05, 3.63) is 72.2 Å². The average Bonchev–Trinajstić information content (AvgIpc) is 3.15. The van der Waals surface area contributed by atoms with E-state index in [1.165, 1.54) is 12.2 Å². The summed E-state index contributed by atoms with van der Waals surface area (Å²) in [4.78, 5) is 13.9. The maximum absolute atomic E-state index is 12.3. The zero-order chi connectivity index (χ0) is 18.9. The van der Waals surface area contributed by atoms with E-state index in [1.54, 1.807) is 28.2 Å². The number of benzene rings is 1. The fraction of sp³-hybridized carbons (Fsp3) is 0.167. The minimum atomic E-state index is -3.42. The smallest absolute Gasteiger partial charge is 0.339 e. The molecule has 0 bridgehead atoms. The zero-order valence-electron chi connectivity index (χ0n) is 14.2. The lowest BCUT2D eigenvalue weighted by molar-refractivity contribution is -0.139. The fourth-order valence-corrected chi connectivity index (χ4v) is 3.68. The predicted octanol–water partition coefficient (Wildman–Crippen LogP) is 1.41. The van der Waals surface area contributed by atoms with Gasteiger partial charge in [0.25, 0.3) is 10.0 Å². The fourth-order valence-electron chi connectivity index (χ4n) is 2.71. The first-order chi connectivity index (χ1) is 13.0. The summed E-state index contributed by atoms with van der Waals surface area (Å²) < 4.78 is 33.8. The van der Waals surface area contributed by atoms with E-state index in [1.807, 2.05) is 30.3 Å². The number of esters is 1. The molecule has 8 nitrogen and oxygen atoms in total. The van der Waals surface area contributed by atoms with Gasteiger partial charge >= 0.3 is 5.97 Å². The van der Waals surface area contributed by atoms with E-state index in [4.69, 9.17) is 4.74 Å². The molecule has 0 amide bonds. The lowest BCUT2D eigenvalue weighted by atomic mass is 10.2. The average molecular weight is 384 g/mol. The van der Waals surface area contributed by atoms with Crippen molar-refractivity contribution in [1.29, 1.82) is 0 Å². The van der Waals surface area contributed by atoms with E-state index in [0.717, 1.165) is 11.3 Å². The molecular formula is C18H16N4O4S. The second-order valence-corrected chi connectivity index (χ2v) is 7.81. The van der Waals surface area contributed by atoms with Crippen molar-refractivity contribution in [2.45, 2.75) is 6.61 Å². The van der Waals surface area contributed by atoms with E-state index >= 15 is 0 Å². The maximum atomic E-state index is 12.3. The van der Waals surface area contributed by atoms with E-state index in [9.17, 15) is 13.2 Å². The Morgan fingerprint density at radius 3 is 2.81 bits per heavy atom. The molecule has 138 valence electrons. The lowest BCUT2D eigenvalue weighted by Gasteiger charge is -2.26. The van der Waals surface area contributed by atoms with E-state index in [0.29, 0.717) is 11.4 Å². The van der Waals surface area contributed by atoms with Crippen LogP contribution in [0.2, 0.25) is 0 Å². The van der Waals surface area contributed by atoms with Crippen LogP contribution in [0.1, 0.15) is 5.56 Å². The second-order valence-electron chi connectivity index (χ2n) is 6.05. The van der Waals surface area contributed by atoms with Crippen LogP contribution in [0.15, 0.2) is 71.0 Å². The number of nitrogens with zero attached hydrogens (tertiary/aromatic N) is 4. The predicted molar refractivity (Wildman–Crippen MR) is 98.5 cm³/mol. The van der Waals surface area contributed by atoms with Crippen LogP contribution in [0.5, 0.6) is 0 Å². The molecule has 0 unspecified atom stereocenters. The van der Waals surface area contributed by atoms with Gasteiger partial charge in [0, 0.05) is 24.5 Å². The van der Waals surface area contributed by atoms with Gasteiger partial charge in [-0.2, -0.15) is 5.10 Å². The minimum Gasteiger partial charge on any atom is -0.457 e. The Bertz CT molecular complexity index is 1070. The van der Waals surface area contributed by atoms with Gasteiger partial charge in [-0.3, -0.25) is 0 Å². The summed E-state index contributed by atoms with van der Waals surface area (Å²) in [5.74, 6) is -0.268. The van der Waals surface area contributed by atoms with Crippen molar-refractivity contribution in [2.24, 2.45) is 4.40 Å². The summed E-state index contributed by atoms with van der Waals surface area (Å²) in [5, 5.41) is 4.26. The Labute approximate surface area is 156 Å². The van der Waals surface area contributed by atoms with Crippen LogP contribution in [0.4, 0.5) is 0 Å². The summed E-state index contributed by atoms with van der Waals surface area (Å²) in [6.07, 6.45) is 8.01. The third-order valence-electron chi connectivity index (χ3n) is 4.09. The largest absolute Gasteiger partial charge is 0.457 e. The van der Waals surface area contributed by atoms with Crippen LogP contribution >= 0.6 is 0 Å². The van der Waals surface area contributed by atoms with Crippen LogP contribution in [-0.2, 0) is 26.2 Å². The number of carbonyl (C=O) groups is 1. The minimum absolute atomic E-state index is 0.0815. The molecule has 2 aliphatic rings. The summed E-state index contributed by atoms with van der Waals surface area (Å²) >= 11 is 0. The SMILES string of the molecule is O=C(OCc1cnn(-c2ccccc2)c1)C1=CN2CCS(=O)(=O)N=C2C=C1. The van der Waals surface area contributed by atoms with Crippen molar-refractivity contribution in [3.63, 3.8) is 0 Å². The molecule has 4 rings (SSSR count). The van der Waals surface area contributed by atoms with Crippen LogP contribution < -0.4 is 0 Å². The van der Waals surface area contributed by atoms with Gasteiger partial charge in [-0.15, -0.1) is 4.40 Å². The molecule has 2 aliphatic heterocycles. The number of amidine groups is 1. The third kappa shape index (κ3) is 3.82. The van der Waals surface area contributed by atoms with E-state index in [2.05, 4.69) is 9.50 Å². The quantitative estimate of drug-likeness (QED) is 0.740. The molecule has 0 saturated carbocycles. The monoisotopic (exact) mass is 384 g/mol. The van der Waals surface area contributed by atoms with Gasteiger partial charge in [-0.25, -0.2) is 17.9 Å². The number of aromatic nitrogens is 2. The Morgan fingerprint density at radius 2 is 2.00 bits per heavy atom. The number of hydrogen-bond donors (Lipinski definition) is 0. The number of fused-ring (bicyclic) bond motifs is 1. The highest BCUT2D eigenvalue weighted by Gasteiger charge is 2.25. The normalized spacial score (nSPS) is 17.7. The summed E-state index contributed by atoms with van der Waals surface area (Å²) in [6.45, 7) is 0.346. The van der Waals surface area contributed by atoms with Crippen LogP contribution in [0.25, 0.3) is 5.69 Å². The third-order valence-corrected chi connectivity index (χ3v) is 5.25. The van der Waals surface area contributed by atoms with Gasteiger partial charge in [0.2, 0.25) is 0 Å². The number of sulfonamides is 1. The van der Waals surface area contributed by atoms with Crippen molar-refractivity contribution in [3.8, 4) is 5.69 Å². The molecule has 27 heavy (non-hydrogen) atoms. The number of hydrogen-bond acceptors (Lipinski definition) is 6. The summed E-state index contributed by atoms with van der Waals surface area (Å²) in [5.41, 5.74) is 2.02. The second kappa shape index (κ2) is 6.84. The van der Waals surface area contributed by atoms with Crippen LogP contribution in [0.3, 0.4) is 0 Å². The van der Waals surface area contributed by atoms with Gasteiger partial charge in [-0.1, -0.05) is 18.2 Å². The molecule has 0 aliphatic carbocycles. The number of rotatable bonds is 4. The lowest BCUT2D eigenvalue weighted by Crippen LogP contribution is -2.37. The van der Waals surface area contributed by atoms with E-state index in [-0.39, 0.29) is 18.9 Å². The first-order valence-corrected chi connectivity index (χ1v) is 9.86. The Kier molecular flexibility index (Phi) is 4.36. The molecular weight excluding hydrogens is 368 g/mol. The van der Waals surface area contributed by atoms with Gasteiger partial charge in [0.15, 0.2) is 0 Å². The van der Waals surface area contributed by atoms with Crippen LogP contribution in [-0.4, -0.2) is 47.2 Å². The van der Waals surface area contributed by atoms with Gasteiger partial charge < -0.3 is 9.64 Å². The van der Waals surface area contributed by atoms with Crippen molar-refractivity contribution < 1.29 is 17.9 Å². The van der Waals surface area contributed by atoms with Crippen molar-refractivity contribution in [2.75, 3.05) is 12.3 Å². The van der Waals surface area contributed by atoms with Crippen molar-refractivity contribution in [1.82, 2.24) is 14.7 Å². The number of para-hydroxylation sites is 1. The molecule has 3 heterocycles. The molecule has 0 atom stereocenters. The highest BCUT2D eigenvalue weighted by molar-refractivity contribution is 7.90. The molecule has 0 spiro atoms. The van der Waals surface area contributed by atoms with Gasteiger partial charge in [0.05, 0.1) is 23.2 Å². The van der Waals surface area contributed by atoms with Crippen molar-refractivity contribution >= 4 is 21.8 Å². The standard InChI is InChI=1S/C18H16N4O4S/c23-18(15-6-7-17-20-27(24,25)9-8-21(17)12-15)26-13-14-10-19-22(11-14)16-4-2-1-3-5-16/h1-7,10-12H,8-9,13H2. The molecule has 9 heteroatoms. The first kappa shape index (κ1) is 17.2. The number of ether oxygens (including phenoxy) is 1. The van der Waals surface area contributed by atoms with Gasteiger partial charge in [-0.05, 0) is 24.3 Å². The zero-order valence-corrected chi connectivity index (χ0v) is 15.0. The Hall–Kier alpha value is -3.20. The molecule has 0 saturated heterocycles. The molecule has 2 aromatic rings.